The molecule has 5 heteroatoms. The molecule has 0 aromatic rings. The maximum Gasteiger partial charge on any atom is 0.330 e. The number of rotatable bonds is 8. The molecule has 0 aliphatic heterocycles. The summed E-state index contributed by atoms with van der Waals surface area (Å²) in [4.78, 5) is 1.35. The minimum atomic E-state index is -2.79. The van der Waals surface area contributed by atoms with E-state index in [0.717, 1.165) is 13.0 Å². The summed E-state index contributed by atoms with van der Waals surface area (Å²) >= 11 is 0. The Balaban J connectivity index is 3.90. The van der Waals surface area contributed by atoms with Crippen LogP contribution >= 0.6 is 7.60 Å². The Labute approximate surface area is 87.1 Å². The lowest BCUT2D eigenvalue weighted by molar-refractivity contribution is -0.858. The normalized spacial score (nSPS) is 12.4. The molecule has 0 aliphatic rings. The largest absolute Gasteiger partial charge is 0.340 e. The standard InChI is InChI=1S/C9H22NO3P/c1-5-12-14(11,13-6-2)9-7-8-10(3)4/h5-9H2,1-4H3/p+1. The monoisotopic (exact) mass is 224 g/mol. The van der Waals surface area contributed by atoms with E-state index in [1.54, 1.807) is 0 Å². The number of nitrogens with one attached hydrogen (secondary N) is 1. The van der Waals surface area contributed by atoms with E-state index < -0.39 is 7.60 Å². The van der Waals surface area contributed by atoms with Crippen molar-refractivity contribution in [1.29, 1.82) is 0 Å². The van der Waals surface area contributed by atoms with Crippen LogP contribution in [0.1, 0.15) is 20.3 Å². The molecular weight excluding hydrogens is 201 g/mol. The average molecular weight is 224 g/mol. The lowest BCUT2D eigenvalue weighted by Crippen LogP contribution is -3.05. The van der Waals surface area contributed by atoms with Gasteiger partial charge in [-0.3, -0.25) is 4.57 Å². The van der Waals surface area contributed by atoms with Gasteiger partial charge in [-0.05, 0) is 13.8 Å². The molecule has 0 amide bonds. The lowest BCUT2D eigenvalue weighted by Gasteiger charge is -2.17. The van der Waals surface area contributed by atoms with Crippen molar-refractivity contribution in [3.05, 3.63) is 0 Å². The molecule has 14 heavy (non-hydrogen) atoms. The molecule has 0 unspecified atom stereocenters. The highest BCUT2D eigenvalue weighted by molar-refractivity contribution is 7.53. The van der Waals surface area contributed by atoms with Gasteiger partial charge in [0.2, 0.25) is 0 Å². The highest BCUT2D eigenvalue weighted by Gasteiger charge is 2.22. The minimum absolute atomic E-state index is 0.450. The molecule has 0 heterocycles. The fraction of sp³-hybridized carbons (Fsp3) is 1.00. The van der Waals surface area contributed by atoms with Gasteiger partial charge in [0, 0.05) is 6.42 Å². The summed E-state index contributed by atoms with van der Waals surface area (Å²) in [5, 5.41) is 0. The maximum absolute atomic E-state index is 11.9. The predicted molar refractivity (Wildman–Crippen MR) is 58.0 cm³/mol. The van der Waals surface area contributed by atoms with E-state index in [2.05, 4.69) is 14.1 Å². The number of hydrogen-bond acceptors (Lipinski definition) is 3. The Morgan fingerprint density at radius 3 is 2.00 bits per heavy atom. The SMILES string of the molecule is CCOP(=O)(CCC[NH+](C)C)OCC. The van der Waals surface area contributed by atoms with E-state index in [9.17, 15) is 4.57 Å². The van der Waals surface area contributed by atoms with Crippen molar-refractivity contribution < 1.29 is 18.5 Å². The van der Waals surface area contributed by atoms with Gasteiger partial charge in [0.25, 0.3) is 0 Å². The van der Waals surface area contributed by atoms with Crippen LogP contribution in [0.25, 0.3) is 0 Å². The lowest BCUT2D eigenvalue weighted by atomic mass is 10.5. The van der Waals surface area contributed by atoms with Crippen molar-refractivity contribution in [2.24, 2.45) is 0 Å². The summed E-state index contributed by atoms with van der Waals surface area (Å²) in [5.41, 5.74) is 0. The van der Waals surface area contributed by atoms with Crippen LogP contribution in [0.4, 0.5) is 0 Å². The van der Waals surface area contributed by atoms with E-state index in [-0.39, 0.29) is 0 Å². The summed E-state index contributed by atoms with van der Waals surface area (Å²) in [6, 6.07) is 0. The van der Waals surface area contributed by atoms with Gasteiger partial charge in [0.1, 0.15) is 0 Å². The first kappa shape index (κ1) is 14.1. The van der Waals surface area contributed by atoms with E-state index in [4.69, 9.17) is 9.05 Å². The topological polar surface area (TPSA) is 40.0 Å². The van der Waals surface area contributed by atoms with Crippen molar-refractivity contribution in [2.75, 3.05) is 40.0 Å². The zero-order valence-electron chi connectivity index (χ0n) is 9.71. The van der Waals surface area contributed by atoms with Crippen LogP contribution in [-0.2, 0) is 13.6 Å². The van der Waals surface area contributed by atoms with E-state index >= 15 is 0 Å². The van der Waals surface area contributed by atoms with Crippen LogP contribution in [0.15, 0.2) is 0 Å². The van der Waals surface area contributed by atoms with Crippen LogP contribution in [0.5, 0.6) is 0 Å². The third-order valence-electron chi connectivity index (χ3n) is 1.76. The van der Waals surface area contributed by atoms with Crippen molar-refractivity contribution in [2.45, 2.75) is 20.3 Å². The quantitative estimate of drug-likeness (QED) is 0.620. The van der Waals surface area contributed by atoms with Crippen LogP contribution in [0.3, 0.4) is 0 Å². The predicted octanol–water partition coefficient (Wildman–Crippen LogP) is 0.787. The number of hydrogen-bond donors (Lipinski definition) is 1. The van der Waals surface area contributed by atoms with Crippen molar-refractivity contribution >= 4 is 7.60 Å². The Bertz CT molecular complexity index is 175. The fourth-order valence-electron chi connectivity index (χ4n) is 1.19. The van der Waals surface area contributed by atoms with Crippen LogP contribution in [0, 0.1) is 0 Å². The smallest absolute Gasteiger partial charge is 0.330 e. The Kier molecular flexibility index (Phi) is 7.47. The summed E-state index contributed by atoms with van der Waals surface area (Å²) in [7, 11) is 1.36. The second-order valence-electron chi connectivity index (χ2n) is 3.48. The Morgan fingerprint density at radius 1 is 1.14 bits per heavy atom. The molecule has 0 saturated heterocycles. The molecule has 0 aliphatic carbocycles. The molecular formula is C9H23NO3P+. The zero-order chi connectivity index (χ0) is 11.0. The molecule has 86 valence electrons. The molecule has 0 saturated carbocycles. The summed E-state index contributed by atoms with van der Waals surface area (Å²) < 4.78 is 22.3. The molecule has 0 atom stereocenters. The fourth-order valence-corrected chi connectivity index (χ4v) is 2.85. The first-order valence-electron chi connectivity index (χ1n) is 5.21. The van der Waals surface area contributed by atoms with Gasteiger partial charge in [-0.2, -0.15) is 0 Å². The highest BCUT2D eigenvalue weighted by Crippen LogP contribution is 2.48. The Hall–Kier alpha value is 0.110. The van der Waals surface area contributed by atoms with Gasteiger partial charge in [-0.1, -0.05) is 0 Å². The van der Waals surface area contributed by atoms with Gasteiger partial charge < -0.3 is 13.9 Å². The molecule has 1 N–H and O–H groups in total. The van der Waals surface area contributed by atoms with Crippen LogP contribution < -0.4 is 4.90 Å². The van der Waals surface area contributed by atoms with E-state index in [1.165, 1.54) is 4.90 Å². The van der Waals surface area contributed by atoms with Crippen molar-refractivity contribution in [1.82, 2.24) is 0 Å². The number of quaternary nitrogens is 1. The first-order valence-corrected chi connectivity index (χ1v) is 6.94. The summed E-state index contributed by atoms with van der Waals surface area (Å²) in [6.07, 6.45) is 1.40. The third kappa shape index (κ3) is 6.55. The van der Waals surface area contributed by atoms with E-state index in [0.29, 0.717) is 19.4 Å². The second kappa shape index (κ2) is 7.41. The molecule has 0 radical (unpaired) electrons. The highest BCUT2D eigenvalue weighted by atomic mass is 31.2. The van der Waals surface area contributed by atoms with Crippen molar-refractivity contribution in [3.8, 4) is 0 Å². The van der Waals surface area contributed by atoms with Crippen LogP contribution in [0.2, 0.25) is 0 Å². The average Bonchev–Trinajstić information content (AvgIpc) is 2.03. The van der Waals surface area contributed by atoms with E-state index in [1.807, 2.05) is 13.8 Å². The second-order valence-corrected chi connectivity index (χ2v) is 5.67. The third-order valence-corrected chi connectivity index (χ3v) is 3.93. The molecule has 0 rings (SSSR count). The van der Waals surface area contributed by atoms with Gasteiger partial charge in [-0.25, -0.2) is 0 Å². The van der Waals surface area contributed by atoms with Gasteiger partial charge in [0.15, 0.2) is 0 Å². The van der Waals surface area contributed by atoms with Crippen LogP contribution in [-0.4, -0.2) is 40.0 Å². The Morgan fingerprint density at radius 2 is 1.64 bits per heavy atom. The minimum Gasteiger partial charge on any atom is -0.340 e. The summed E-state index contributed by atoms with van der Waals surface area (Å²) in [6.45, 7) is 5.56. The summed E-state index contributed by atoms with van der Waals surface area (Å²) in [5.74, 6) is 0. The molecule has 0 aromatic carbocycles. The maximum atomic E-state index is 11.9. The molecule has 0 aromatic heterocycles. The molecule has 0 bridgehead atoms. The van der Waals surface area contributed by atoms with Gasteiger partial charge in [-0.15, -0.1) is 0 Å². The van der Waals surface area contributed by atoms with Crippen molar-refractivity contribution in [3.63, 3.8) is 0 Å². The van der Waals surface area contributed by atoms with Gasteiger partial charge >= 0.3 is 7.60 Å². The molecule has 0 spiro atoms. The molecule has 0 fully saturated rings. The van der Waals surface area contributed by atoms with Gasteiger partial charge in [0.05, 0.1) is 40.0 Å². The molecule has 4 nitrogen and oxygen atoms in total. The first-order chi connectivity index (χ1) is 6.54. The zero-order valence-corrected chi connectivity index (χ0v) is 10.6.